The maximum atomic E-state index is 11.3. The van der Waals surface area contributed by atoms with Crippen LogP contribution >= 0.6 is 0 Å². The Morgan fingerprint density at radius 1 is 1.38 bits per heavy atom. The second-order valence-electron chi connectivity index (χ2n) is 3.05. The number of nitrogens with zero attached hydrogens (tertiary/aromatic N) is 2. The molecule has 1 aliphatic rings. The summed E-state index contributed by atoms with van der Waals surface area (Å²) < 4.78 is 1.42. The third-order valence-corrected chi connectivity index (χ3v) is 2.00. The number of aromatic nitrogens is 1. The van der Waals surface area contributed by atoms with E-state index in [1.165, 1.54) is 10.6 Å². The average molecular weight is 178 g/mol. The molecule has 0 N–H and O–H groups in total. The van der Waals surface area contributed by atoms with Crippen LogP contribution in [0.2, 0.25) is 0 Å². The number of pyridine rings is 1. The molecule has 0 spiro atoms. The summed E-state index contributed by atoms with van der Waals surface area (Å²) in [4.78, 5) is 24.2. The van der Waals surface area contributed by atoms with Crippen LogP contribution < -0.4 is 5.56 Å². The summed E-state index contributed by atoms with van der Waals surface area (Å²) in [6.45, 7) is 1.83. The van der Waals surface area contributed by atoms with E-state index in [0.717, 1.165) is 13.1 Å². The number of hydrogen-bond acceptors (Lipinski definition) is 2. The van der Waals surface area contributed by atoms with Crippen LogP contribution in [0.25, 0.3) is 0 Å². The highest BCUT2D eigenvalue weighted by Gasteiger charge is 2.23. The van der Waals surface area contributed by atoms with E-state index in [0.29, 0.717) is 0 Å². The third kappa shape index (κ3) is 1.77. The van der Waals surface area contributed by atoms with E-state index >= 15 is 0 Å². The molecule has 1 saturated heterocycles. The topological polar surface area (TPSA) is 42.1 Å². The van der Waals surface area contributed by atoms with Crippen molar-refractivity contribution in [3.05, 3.63) is 34.7 Å². The summed E-state index contributed by atoms with van der Waals surface area (Å²) in [6, 6.07) is 4.87. The first-order valence-electron chi connectivity index (χ1n) is 4.20. The Morgan fingerprint density at radius 2 is 2.15 bits per heavy atom. The van der Waals surface area contributed by atoms with Gasteiger partial charge in [0.05, 0.1) is 0 Å². The molecule has 0 unspecified atom stereocenters. The Labute approximate surface area is 75.4 Å². The zero-order valence-corrected chi connectivity index (χ0v) is 7.14. The van der Waals surface area contributed by atoms with Crippen LogP contribution in [0.15, 0.2) is 29.2 Å². The molecule has 0 saturated carbocycles. The summed E-state index contributed by atoms with van der Waals surface area (Å²) in [5.74, 6) is 0.0216. The van der Waals surface area contributed by atoms with Crippen LogP contribution in [0.1, 0.15) is 0 Å². The molecule has 0 atom stereocenters. The van der Waals surface area contributed by atoms with Crippen molar-refractivity contribution < 1.29 is 4.79 Å². The minimum absolute atomic E-state index is 0.0216. The Bertz CT molecular complexity index is 379. The number of carbonyl (C=O) groups excluding carboxylic acids is 1. The van der Waals surface area contributed by atoms with E-state index < -0.39 is 0 Å². The fourth-order valence-electron chi connectivity index (χ4n) is 1.14. The maximum Gasteiger partial charge on any atom is 0.250 e. The van der Waals surface area contributed by atoms with Gasteiger partial charge >= 0.3 is 0 Å². The quantitative estimate of drug-likeness (QED) is 0.583. The van der Waals surface area contributed by atoms with Gasteiger partial charge in [0.1, 0.15) is 6.54 Å². The molecular formula is C9H10N2O2. The Hall–Kier alpha value is -1.58. The maximum absolute atomic E-state index is 11.3. The summed E-state index contributed by atoms with van der Waals surface area (Å²) in [6.07, 6.45) is 1.63. The summed E-state index contributed by atoms with van der Waals surface area (Å²) in [5, 5.41) is 0. The minimum atomic E-state index is -0.127. The highest BCUT2D eigenvalue weighted by molar-refractivity contribution is 5.77. The second kappa shape index (κ2) is 3.05. The Kier molecular flexibility index (Phi) is 1.88. The van der Waals surface area contributed by atoms with Crippen molar-refractivity contribution in [2.45, 2.75) is 6.54 Å². The molecule has 13 heavy (non-hydrogen) atoms. The third-order valence-electron chi connectivity index (χ3n) is 2.00. The molecule has 68 valence electrons. The fourth-order valence-corrected chi connectivity index (χ4v) is 1.14. The molecule has 1 amide bonds. The predicted molar refractivity (Wildman–Crippen MR) is 47.3 cm³/mol. The zero-order valence-electron chi connectivity index (χ0n) is 7.14. The highest BCUT2D eigenvalue weighted by atomic mass is 16.2. The summed E-state index contributed by atoms with van der Waals surface area (Å²) in [5.41, 5.74) is -0.127. The SMILES string of the molecule is O=C(Cn1ccccc1=O)N1CC1. The largest absolute Gasteiger partial charge is 0.338 e. The van der Waals surface area contributed by atoms with Gasteiger partial charge in [-0.15, -0.1) is 0 Å². The lowest BCUT2D eigenvalue weighted by Crippen LogP contribution is -2.26. The molecule has 0 radical (unpaired) electrons. The van der Waals surface area contributed by atoms with Gasteiger partial charge in [-0.2, -0.15) is 0 Å². The van der Waals surface area contributed by atoms with Crippen LogP contribution in [0.3, 0.4) is 0 Å². The lowest BCUT2D eigenvalue weighted by molar-refractivity contribution is -0.126. The van der Waals surface area contributed by atoms with Crippen molar-refractivity contribution >= 4 is 5.91 Å². The van der Waals surface area contributed by atoms with Crippen molar-refractivity contribution in [2.75, 3.05) is 13.1 Å². The second-order valence-corrected chi connectivity index (χ2v) is 3.05. The number of amides is 1. The molecule has 2 rings (SSSR count). The monoisotopic (exact) mass is 178 g/mol. The Balaban J connectivity index is 2.13. The highest BCUT2D eigenvalue weighted by Crippen LogP contribution is 2.03. The predicted octanol–water partition coefficient (Wildman–Crippen LogP) is -0.309. The minimum Gasteiger partial charge on any atom is -0.338 e. The van der Waals surface area contributed by atoms with Gasteiger partial charge in [0.2, 0.25) is 5.91 Å². The number of carbonyl (C=O) groups is 1. The van der Waals surface area contributed by atoms with Crippen molar-refractivity contribution in [3.63, 3.8) is 0 Å². The van der Waals surface area contributed by atoms with Crippen LogP contribution in [-0.2, 0) is 11.3 Å². The standard InChI is InChI=1S/C9H10N2O2/c12-8-3-1-2-4-11(8)7-9(13)10-5-6-10/h1-4H,5-7H2. The van der Waals surface area contributed by atoms with E-state index in [4.69, 9.17) is 0 Å². The molecule has 2 heterocycles. The molecule has 0 bridgehead atoms. The van der Waals surface area contributed by atoms with Gasteiger partial charge in [-0.05, 0) is 6.07 Å². The van der Waals surface area contributed by atoms with Crippen molar-refractivity contribution in [1.82, 2.24) is 9.47 Å². The molecule has 1 aliphatic heterocycles. The fraction of sp³-hybridized carbons (Fsp3) is 0.333. The summed E-state index contributed by atoms with van der Waals surface area (Å²) >= 11 is 0. The molecule has 1 aromatic rings. The number of hydrogen-bond donors (Lipinski definition) is 0. The lowest BCUT2D eigenvalue weighted by atomic mass is 10.4. The average Bonchev–Trinajstić information content (AvgIpc) is 2.91. The molecule has 4 heteroatoms. The van der Waals surface area contributed by atoms with E-state index in [1.807, 2.05) is 0 Å². The van der Waals surface area contributed by atoms with Gasteiger partial charge in [0, 0.05) is 25.4 Å². The Morgan fingerprint density at radius 3 is 2.77 bits per heavy atom. The van der Waals surface area contributed by atoms with Gasteiger partial charge in [-0.1, -0.05) is 6.07 Å². The van der Waals surface area contributed by atoms with E-state index in [1.54, 1.807) is 23.2 Å². The van der Waals surface area contributed by atoms with Crippen LogP contribution in [0, 0.1) is 0 Å². The molecule has 0 aliphatic carbocycles. The van der Waals surface area contributed by atoms with Gasteiger partial charge in [0.25, 0.3) is 5.56 Å². The molecule has 4 nitrogen and oxygen atoms in total. The zero-order chi connectivity index (χ0) is 9.26. The number of rotatable bonds is 2. The first-order valence-corrected chi connectivity index (χ1v) is 4.20. The van der Waals surface area contributed by atoms with E-state index in [-0.39, 0.29) is 18.0 Å². The van der Waals surface area contributed by atoms with Gasteiger partial charge in [-0.3, -0.25) is 9.59 Å². The van der Waals surface area contributed by atoms with Crippen LogP contribution in [0.4, 0.5) is 0 Å². The van der Waals surface area contributed by atoms with Crippen molar-refractivity contribution in [3.8, 4) is 0 Å². The lowest BCUT2D eigenvalue weighted by Gasteiger charge is -2.03. The normalized spacial score (nSPS) is 14.3. The first-order chi connectivity index (χ1) is 6.27. The van der Waals surface area contributed by atoms with Crippen molar-refractivity contribution in [2.24, 2.45) is 0 Å². The smallest absolute Gasteiger partial charge is 0.250 e. The van der Waals surface area contributed by atoms with Gasteiger partial charge in [-0.25, -0.2) is 0 Å². The summed E-state index contributed by atoms with van der Waals surface area (Å²) in [7, 11) is 0. The molecule has 1 fully saturated rings. The molecule has 0 aromatic carbocycles. The molecule has 1 aromatic heterocycles. The first kappa shape index (κ1) is 8.04. The van der Waals surface area contributed by atoms with E-state index in [2.05, 4.69) is 0 Å². The van der Waals surface area contributed by atoms with Crippen LogP contribution in [-0.4, -0.2) is 28.5 Å². The van der Waals surface area contributed by atoms with Crippen molar-refractivity contribution in [1.29, 1.82) is 0 Å². The van der Waals surface area contributed by atoms with Gasteiger partial charge in [0.15, 0.2) is 0 Å². The molecular weight excluding hydrogens is 168 g/mol. The van der Waals surface area contributed by atoms with Crippen LogP contribution in [0.5, 0.6) is 0 Å². The van der Waals surface area contributed by atoms with E-state index in [9.17, 15) is 9.59 Å². The van der Waals surface area contributed by atoms with Gasteiger partial charge < -0.3 is 9.47 Å².